The van der Waals surface area contributed by atoms with E-state index in [-0.39, 0.29) is 11.4 Å². The summed E-state index contributed by atoms with van der Waals surface area (Å²) in [7, 11) is -4.73. The van der Waals surface area contributed by atoms with Crippen LogP contribution in [0.15, 0.2) is 42.5 Å². The number of phenols is 2. The molecule has 7 N–H and O–H groups in total. The number of anilines is 1. The van der Waals surface area contributed by atoms with Crippen molar-refractivity contribution in [2.45, 2.75) is 18.6 Å². The van der Waals surface area contributed by atoms with Crippen molar-refractivity contribution in [1.82, 2.24) is 0 Å². The number of aliphatic hydroxyl groups is 2. The van der Waals surface area contributed by atoms with Crippen LogP contribution in [0.3, 0.4) is 0 Å². The molecule has 0 saturated carbocycles. The zero-order valence-corrected chi connectivity index (χ0v) is 13.6. The van der Waals surface area contributed by atoms with Crippen molar-refractivity contribution < 1.29 is 34.8 Å². The molecular weight excluding hydrogens is 337 g/mol. The van der Waals surface area contributed by atoms with Gasteiger partial charge in [-0.25, -0.2) is 4.57 Å². The van der Waals surface area contributed by atoms with Gasteiger partial charge in [-0.05, 0) is 29.8 Å². The topological polar surface area (TPSA) is 150 Å². The fourth-order valence-corrected chi connectivity index (χ4v) is 2.89. The molecule has 0 aliphatic carbocycles. The summed E-state index contributed by atoms with van der Waals surface area (Å²) in [5.41, 5.74) is -0.337. The molecule has 9 heteroatoms. The van der Waals surface area contributed by atoms with Crippen LogP contribution in [0.25, 0.3) is 0 Å². The second kappa shape index (κ2) is 6.43. The van der Waals surface area contributed by atoms with Crippen LogP contribution in [-0.2, 0) is 10.4 Å². The molecule has 8 nitrogen and oxygen atoms in total. The minimum Gasteiger partial charge on any atom is -0.508 e. The Kier molecular flexibility index (Phi) is 4.89. The molecule has 1 unspecified atom stereocenters. The Morgan fingerprint density at radius 3 is 2.17 bits per heavy atom. The summed E-state index contributed by atoms with van der Waals surface area (Å²) in [6.45, 7) is 1.46. The molecule has 2 rings (SSSR count). The van der Waals surface area contributed by atoms with Crippen LogP contribution in [0.1, 0.15) is 24.0 Å². The van der Waals surface area contributed by atoms with Crippen LogP contribution >= 0.6 is 7.75 Å². The summed E-state index contributed by atoms with van der Waals surface area (Å²) in [6, 6.07) is 9.35. The van der Waals surface area contributed by atoms with Gasteiger partial charge in [-0.3, -0.25) is 5.09 Å². The molecule has 2 aromatic carbocycles. The summed E-state index contributed by atoms with van der Waals surface area (Å²) in [5.74, 6) is -4.16. The lowest BCUT2D eigenvalue weighted by molar-refractivity contribution is -0.185. The second-order valence-electron chi connectivity index (χ2n) is 5.39. The van der Waals surface area contributed by atoms with Crippen molar-refractivity contribution in [1.29, 1.82) is 0 Å². The lowest BCUT2D eigenvalue weighted by atomic mass is 9.86. The van der Waals surface area contributed by atoms with Gasteiger partial charge in [-0.1, -0.05) is 25.1 Å². The third-order valence-electron chi connectivity index (χ3n) is 3.67. The van der Waals surface area contributed by atoms with Gasteiger partial charge in [0.05, 0.1) is 11.3 Å². The van der Waals surface area contributed by atoms with Gasteiger partial charge in [-0.2, -0.15) is 0 Å². The van der Waals surface area contributed by atoms with Gasteiger partial charge < -0.3 is 30.2 Å². The summed E-state index contributed by atoms with van der Waals surface area (Å²) in [4.78, 5) is 18.1. The molecule has 24 heavy (non-hydrogen) atoms. The first-order valence-corrected chi connectivity index (χ1v) is 8.53. The molecule has 0 radical (unpaired) electrons. The van der Waals surface area contributed by atoms with E-state index < -0.39 is 30.8 Å². The first kappa shape index (κ1) is 18.3. The molecule has 0 heterocycles. The molecule has 1 atom stereocenters. The van der Waals surface area contributed by atoms with Gasteiger partial charge in [-0.15, -0.1) is 0 Å². The highest BCUT2D eigenvalue weighted by Gasteiger charge is 2.39. The highest BCUT2D eigenvalue weighted by molar-refractivity contribution is 7.53. The third-order valence-corrected chi connectivity index (χ3v) is 4.21. The molecule has 130 valence electrons. The van der Waals surface area contributed by atoms with Gasteiger partial charge in [0.2, 0.25) is 5.79 Å². The van der Waals surface area contributed by atoms with Crippen molar-refractivity contribution >= 4 is 13.4 Å². The van der Waals surface area contributed by atoms with Gasteiger partial charge >= 0.3 is 7.75 Å². The van der Waals surface area contributed by atoms with Crippen LogP contribution in [0, 0.1) is 0 Å². The minimum absolute atomic E-state index is 0.00107. The molecule has 0 aliphatic rings. The zero-order chi connectivity index (χ0) is 18.1. The smallest absolute Gasteiger partial charge is 0.427 e. The van der Waals surface area contributed by atoms with E-state index >= 15 is 0 Å². The van der Waals surface area contributed by atoms with E-state index in [2.05, 4.69) is 0 Å². The maximum absolute atomic E-state index is 11.2. The Bertz CT molecular complexity index is 770. The molecule has 2 aromatic rings. The van der Waals surface area contributed by atoms with E-state index in [0.29, 0.717) is 5.56 Å². The standard InChI is InChI=1S/C15H18NO7P/c1-9(10-5-7-11(17)8-6-10)15(19,20)14-12(16-24(21,22)23)3-2-4-13(14)18/h2-9,17-20H,1H3,(H3,16,21,22,23). The summed E-state index contributed by atoms with van der Waals surface area (Å²) >= 11 is 0. The van der Waals surface area contributed by atoms with E-state index in [1.807, 2.05) is 5.09 Å². The molecule has 0 fully saturated rings. The molecule has 0 aromatic heterocycles. The number of phenolic OH excluding ortho intramolecular Hbond substituents is 2. The number of hydrogen-bond donors (Lipinski definition) is 7. The molecule has 0 aliphatic heterocycles. The largest absolute Gasteiger partial charge is 0.508 e. The predicted molar refractivity (Wildman–Crippen MR) is 86.4 cm³/mol. The highest BCUT2D eigenvalue weighted by atomic mass is 31.2. The van der Waals surface area contributed by atoms with E-state index in [9.17, 15) is 25.0 Å². The second-order valence-corrected chi connectivity index (χ2v) is 6.71. The Morgan fingerprint density at radius 1 is 1.04 bits per heavy atom. The quantitative estimate of drug-likeness (QED) is 0.315. The Balaban J connectivity index is 2.52. The van der Waals surface area contributed by atoms with E-state index in [0.717, 1.165) is 0 Å². The maximum Gasteiger partial charge on any atom is 0.427 e. The van der Waals surface area contributed by atoms with Gasteiger partial charge in [0, 0.05) is 5.92 Å². The first-order valence-electron chi connectivity index (χ1n) is 6.92. The van der Waals surface area contributed by atoms with Gasteiger partial charge in [0.25, 0.3) is 0 Å². The number of aromatic hydroxyl groups is 2. The van der Waals surface area contributed by atoms with Crippen LogP contribution in [-0.4, -0.2) is 30.2 Å². The number of nitrogens with one attached hydrogen (secondary N) is 1. The van der Waals surface area contributed by atoms with Crippen LogP contribution < -0.4 is 5.09 Å². The minimum atomic E-state index is -4.73. The van der Waals surface area contributed by atoms with Gasteiger partial charge in [0.1, 0.15) is 11.5 Å². The van der Waals surface area contributed by atoms with Gasteiger partial charge in [0.15, 0.2) is 0 Å². The predicted octanol–water partition coefficient (Wildman–Crippen LogP) is 1.54. The number of benzene rings is 2. The van der Waals surface area contributed by atoms with Crippen molar-refractivity contribution in [2.24, 2.45) is 0 Å². The summed E-state index contributed by atoms with van der Waals surface area (Å²) in [6.07, 6.45) is 0. The summed E-state index contributed by atoms with van der Waals surface area (Å²) < 4.78 is 11.2. The molecule has 0 saturated heterocycles. The third kappa shape index (κ3) is 3.87. The fourth-order valence-electron chi connectivity index (χ4n) is 2.39. The molecular formula is C15H18NO7P. The lowest BCUT2D eigenvalue weighted by Crippen LogP contribution is -2.32. The average Bonchev–Trinajstić information content (AvgIpc) is 2.45. The van der Waals surface area contributed by atoms with Crippen molar-refractivity contribution in [3.8, 4) is 11.5 Å². The Labute approximate surface area is 137 Å². The molecule has 0 bridgehead atoms. The van der Waals surface area contributed by atoms with E-state index in [1.54, 1.807) is 0 Å². The zero-order valence-electron chi connectivity index (χ0n) is 12.7. The maximum atomic E-state index is 11.2. The van der Waals surface area contributed by atoms with Crippen molar-refractivity contribution in [2.75, 3.05) is 5.09 Å². The fraction of sp³-hybridized carbons (Fsp3) is 0.200. The van der Waals surface area contributed by atoms with Crippen LogP contribution in [0.5, 0.6) is 11.5 Å². The van der Waals surface area contributed by atoms with Crippen LogP contribution in [0.4, 0.5) is 5.69 Å². The van der Waals surface area contributed by atoms with E-state index in [4.69, 9.17) is 9.79 Å². The average molecular weight is 355 g/mol. The van der Waals surface area contributed by atoms with E-state index in [1.165, 1.54) is 49.4 Å². The van der Waals surface area contributed by atoms with Crippen LogP contribution in [0.2, 0.25) is 0 Å². The van der Waals surface area contributed by atoms with Crippen molar-refractivity contribution in [3.05, 3.63) is 53.6 Å². The molecule has 0 spiro atoms. The SMILES string of the molecule is CC(c1ccc(O)cc1)C(O)(O)c1c(O)cccc1NP(=O)(O)O. The first-order chi connectivity index (χ1) is 11.0. The number of hydrogen-bond acceptors (Lipinski definition) is 5. The summed E-state index contributed by atoms with van der Waals surface area (Å²) in [5, 5.41) is 42.3. The van der Waals surface area contributed by atoms with Crippen molar-refractivity contribution in [3.63, 3.8) is 0 Å². The highest BCUT2D eigenvalue weighted by Crippen LogP contribution is 2.46. The molecule has 0 amide bonds. The monoisotopic (exact) mass is 355 g/mol. The Hall–Kier alpha value is -2.09. The lowest BCUT2D eigenvalue weighted by Gasteiger charge is -2.31. The normalized spacial score (nSPS) is 13.5. The number of rotatable bonds is 5. The Morgan fingerprint density at radius 2 is 1.62 bits per heavy atom.